The van der Waals surface area contributed by atoms with Crippen LogP contribution < -0.4 is 11.2 Å². The van der Waals surface area contributed by atoms with Crippen molar-refractivity contribution in [2.24, 2.45) is 0 Å². The number of ketones is 1. The first-order chi connectivity index (χ1) is 12.1. The summed E-state index contributed by atoms with van der Waals surface area (Å²) in [7, 11) is 0. The molecular formula is C19H22N2O5. The third kappa shape index (κ3) is 4.78. The van der Waals surface area contributed by atoms with E-state index in [2.05, 4.69) is 20.8 Å². The lowest BCUT2D eigenvalue weighted by Crippen LogP contribution is -2.33. The maximum atomic E-state index is 12.4. The Balaban J connectivity index is 2.03. The Kier molecular flexibility index (Phi) is 5.59. The number of H-pyrrole nitrogens is 1. The molecule has 1 unspecified atom stereocenters. The van der Waals surface area contributed by atoms with Crippen LogP contribution in [-0.2, 0) is 21.5 Å². The number of carbonyl (C=O) groups is 2. The summed E-state index contributed by atoms with van der Waals surface area (Å²) in [4.78, 5) is 49.0. The first kappa shape index (κ1) is 19.4. The van der Waals surface area contributed by atoms with Crippen LogP contribution in [0.2, 0.25) is 0 Å². The summed E-state index contributed by atoms with van der Waals surface area (Å²) in [6, 6.07) is 8.29. The largest absolute Gasteiger partial charge is 0.453 e. The molecule has 1 N–H and O–H groups in total. The van der Waals surface area contributed by atoms with Crippen molar-refractivity contribution in [2.75, 3.05) is 0 Å². The number of benzene rings is 1. The molecule has 0 saturated carbocycles. The van der Waals surface area contributed by atoms with Crippen molar-refractivity contribution in [1.82, 2.24) is 9.55 Å². The van der Waals surface area contributed by atoms with Crippen LogP contribution in [0.4, 0.5) is 0 Å². The van der Waals surface area contributed by atoms with Gasteiger partial charge in [0, 0.05) is 17.8 Å². The van der Waals surface area contributed by atoms with Crippen LogP contribution in [0.15, 0.2) is 46.1 Å². The van der Waals surface area contributed by atoms with E-state index in [1.165, 1.54) is 13.1 Å². The van der Waals surface area contributed by atoms with Crippen LogP contribution in [0.25, 0.3) is 0 Å². The molecule has 1 aromatic carbocycles. The van der Waals surface area contributed by atoms with Gasteiger partial charge in [0.15, 0.2) is 6.10 Å². The van der Waals surface area contributed by atoms with Gasteiger partial charge in [0.05, 0.1) is 0 Å². The van der Waals surface area contributed by atoms with Crippen molar-refractivity contribution < 1.29 is 14.3 Å². The van der Waals surface area contributed by atoms with Gasteiger partial charge < -0.3 is 4.74 Å². The smallest absolute Gasteiger partial charge is 0.328 e. The first-order valence-corrected chi connectivity index (χ1v) is 8.22. The number of Topliss-reactive ketones (excluding diaryl/α,β-unsaturated/α-hetero) is 1. The van der Waals surface area contributed by atoms with Crippen LogP contribution in [0, 0.1) is 0 Å². The maximum absolute atomic E-state index is 12.4. The average Bonchev–Trinajstić information content (AvgIpc) is 2.56. The first-order valence-electron chi connectivity index (χ1n) is 8.22. The highest BCUT2D eigenvalue weighted by molar-refractivity contribution is 6.00. The molecular weight excluding hydrogens is 336 g/mol. The van der Waals surface area contributed by atoms with Gasteiger partial charge in [-0.1, -0.05) is 45.0 Å². The topological polar surface area (TPSA) is 98.2 Å². The summed E-state index contributed by atoms with van der Waals surface area (Å²) < 4.78 is 6.11. The molecule has 0 aliphatic rings. The number of ether oxygens (including phenoxy) is 1. The summed E-state index contributed by atoms with van der Waals surface area (Å²) in [6.07, 6.45) is 0.210. The Morgan fingerprint density at radius 2 is 1.73 bits per heavy atom. The summed E-state index contributed by atoms with van der Waals surface area (Å²) in [5.74, 6) is -1.07. The van der Waals surface area contributed by atoms with Crippen molar-refractivity contribution in [3.05, 3.63) is 68.5 Å². The van der Waals surface area contributed by atoms with Crippen molar-refractivity contribution in [2.45, 2.75) is 45.8 Å². The van der Waals surface area contributed by atoms with Gasteiger partial charge >= 0.3 is 11.7 Å². The molecule has 1 heterocycles. The van der Waals surface area contributed by atoms with E-state index in [4.69, 9.17) is 4.74 Å². The molecule has 0 aliphatic heterocycles. The van der Waals surface area contributed by atoms with E-state index in [1.807, 2.05) is 17.1 Å². The molecule has 7 heteroatoms. The second-order valence-corrected chi connectivity index (χ2v) is 7.06. The van der Waals surface area contributed by atoms with E-state index in [9.17, 15) is 19.2 Å². The number of hydrogen-bond donors (Lipinski definition) is 1. The normalized spacial score (nSPS) is 12.5. The predicted molar refractivity (Wildman–Crippen MR) is 96.3 cm³/mol. The zero-order valence-electron chi connectivity index (χ0n) is 15.2. The van der Waals surface area contributed by atoms with E-state index in [0.29, 0.717) is 5.56 Å². The van der Waals surface area contributed by atoms with Gasteiger partial charge in [-0.25, -0.2) is 4.79 Å². The van der Waals surface area contributed by atoms with Crippen LogP contribution in [0.5, 0.6) is 0 Å². The molecule has 0 radical (unpaired) electrons. The van der Waals surface area contributed by atoms with E-state index in [0.717, 1.165) is 16.2 Å². The van der Waals surface area contributed by atoms with Gasteiger partial charge in [-0.3, -0.25) is 23.9 Å². The lowest BCUT2D eigenvalue weighted by atomic mass is 9.86. The summed E-state index contributed by atoms with van der Waals surface area (Å²) in [6.45, 7) is 7.32. The number of rotatable bonds is 5. The molecule has 0 aliphatic carbocycles. The molecule has 26 heavy (non-hydrogen) atoms. The molecule has 1 aromatic heterocycles. The number of hydrogen-bond acceptors (Lipinski definition) is 5. The Bertz CT molecular complexity index is 916. The number of nitrogens with one attached hydrogen (secondary N) is 1. The van der Waals surface area contributed by atoms with E-state index < -0.39 is 29.9 Å². The van der Waals surface area contributed by atoms with E-state index >= 15 is 0 Å². The number of carbonyl (C=O) groups excluding carboxylic acids is 2. The lowest BCUT2D eigenvalue weighted by Gasteiger charge is -2.19. The second-order valence-electron chi connectivity index (χ2n) is 7.06. The lowest BCUT2D eigenvalue weighted by molar-refractivity contribution is -0.147. The quantitative estimate of drug-likeness (QED) is 0.647. The summed E-state index contributed by atoms with van der Waals surface area (Å²) in [5, 5.41) is 0. The van der Waals surface area contributed by atoms with Crippen LogP contribution in [-0.4, -0.2) is 27.4 Å². The molecule has 138 valence electrons. The van der Waals surface area contributed by atoms with Gasteiger partial charge in [-0.05, 0) is 17.9 Å². The fourth-order valence-corrected chi connectivity index (χ4v) is 2.36. The average molecular weight is 358 g/mol. The number of aromatic nitrogens is 2. The molecule has 0 bridgehead atoms. The van der Waals surface area contributed by atoms with Crippen molar-refractivity contribution in [3.63, 3.8) is 0 Å². The number of aromatic amines is 1. The summed E-state index contributed by atoms with van der Waals surface area (Å²) in [5.41, 5.74) is 0.243. The van der Waals surface area contributed by atoms with Crippen molar-refractivity contribution >= 4 is 11.8 Å². The minimum atomic E-state index is -0.985. The molecule has 7 nitrogen and oxygen atoms in total. The highest BCUT2D eigenvalue weighted by Gasteiger charge is 2.21. The SMILES string of the molecule is CC(OC(=O)Cn1ccc(=O)[nH]c1=O)C(=O)c1ccc(C(C)(C)C)cc1. The fourth-order valence-electron chi connectivity index (χ4n) is 2.36. The molecule has 0 fully saturated rings. The van der Waals surface area contributed by atoms with Crippen LogP contribution in [0.3, 0.4) is 0 Å². The third-order valence-electron chi connectivity index (χ3n) is 3.91. The minimum absolute atomic E-state index is 0.0242. The predicted octanol–water partition coefficient (Wildman–Crippen LogP) is 1.65. The number of esters is 1. The fraction of sp³-hybridized carbons (Fsp3) is 0.368. The van der Waals surface area contributed by atoms with Gasteiger partial charge in [-0.15, -0.1) is 0 Å². The summed E-state index contributed by atoms with van der Waals surface area (Å²) >= 11 is 0. The van der Waals surface area contributed by atoms with Crippen LogP contribution >= 0.6 is 0 Å². The minimum Gasteiger partial charge on any atom is -0.453 e. The zero-order chi connectivity index (χ0) is 19.5. The highest BCUT2D eigenvalue weighted by Crippen LogP contribution is 2.22. The van der Waals surface area contributed by atoms with E-state index in [-0.39, 0.29) is 11.2 Å². The molecule has 1 atom stereocenters. The molecule has 0 amide bonds. The van der Waals surface area contributed by atoms with Crippen LogP contribution in [0.1, 0.15) is 43.6 Å². The Morgan fingerprint density at radius 1 is 1.12 bits per heavy atom. The second kappa shape index (κ2) is 7.51. The van der Waals surface area contributed by atoms with Crippen molar-refractivity contribution in [1.29, 1.82) is 0 Å². The van der Waals surface area contributed by atoms with Gasteiger partial charge in [0.25, 0.3) is 5.56 Å². The Hall–Kier alpha value is -2.96. The van der Waals surface area contributed by atoms with Crippen molar-refractivity contribution in [3.8, 4) is 0 Å². The van der Waals surface area contributed by atoms with Gasteiger partial charge in [-0.2, -0.15) is 0 Å². The highest BCUT2D eigenvalue weighted by atomic mass is 16.5. The third-order valence-corrected chi connectivity index (χ3v) is 3.91. The monoisotopic (exact) mass is 358 g/mol. The zero-order valence-corrected chi connectivity index (χ0v) is 15.2. The Labute approximate surface area is 150 Å². The Morgan fingerprint density at radius 3 is 2.27 bits per heavy atom. The van der Waals surface area contributed by atoms with Gasteiger partial charge in [0.2, 0.25) is 5.78 Å². The van der Waals surface area contributed by atoms with Gasteiger partial charge in [0.1, 0.15) is 6.54 Å². The standard InChI is InChI=1S/C19H22N2O5/c1-12(17(24)13-5-7-14(8-6-13)19(2,3)4)26-16(23)11-21-10-9-15(22)20-18(21)25/h5-10,12H,11H2,1-4H3,(H,20,22,25). The molecule has 0 spiro atoms. The molecule has 0 saturated heterocycles. The molecule has 2 aromatic rings. The molecule has 2 rings (SSSR count). The maximum Gasteiger partial charge on any atom is 0.328 e. The van der Waals surface area contributed by atoms with E-state index in [1.54, 1.807) is 12.1 Å². The number of nitrogens with zero attached hydrogens (tertiary/aromatic N) is 1.